The van der Waals surface area contributed by atoms with Gasteiger partial charge in [-0.25, -0.2) is 0 Å². The van der Waals surface area contributed by atoms with E-state index in [1.807, 2.05) is 88.4 Å². The summed E-state index contributed by atoms with van der Waals surface area (Å²) < 4.78 is 0. The second-order valence-corrected chi connectivity index (χ2v) is 15.2. The van der Waals surface area contributed by atoms with E-state index >= 15 is 0 Å². The highest BCUT2D eigenvalue weighted by molar-refractivity contribution is 5.94. The number of hydrogen-bond acceptors (Lipinski definition) is 5. The minimum Gasteiger partial charge on any atom is -0.351 e. The first-order valence-corrected chi connectivity index (χ1v) is 16.5. The Morgan fingerprint density at radius 3 is 1.54 bits per heavy atom. The summed E-state index contributed by atoms with van der Waals surface area (Å²) in [6.07, 6.45) is 1.66. The Morgan fingerprint density at radius 1 is 0.674 bits per heavy atom. The van der Waals surface area contributed by atoms with Crippen LogP contribution in [0.3, 0.4) is 0 Å². The Hall–Kier alpha value is -3.52. The Kier molecular flexibility index (Phi) is 13.7. The lowest BCUT2D eigenvalue weighted by atomic mass is 9.72. The second-order valence-electron chi connectivity index (χ2n) is 15.2. The van der Waals surface area contributed by atoms with Gasteiger partial charge in [0.2, 0.25) is 17.7 Å². The van der Waals surface area contributed by atoms with Gasteiger partial charge in [-0.3, -0.25) is 19.2 Å². The van der Waals surface area contributed by atoms with E-state index in [1.165, 1.54) is 6.92 Å². The standard InChI is InChI=1S/C38H58N4O4/c1-25(26(2)39)23-36(5,6)27(3)40-33(44)31(21-29-17-13-11-14-18-29)41-34(45)32(22-30-19-15-12-16-20-30)42-35(46)38(9,10)24-37(7,8)28(4)43/h11-20,25-27,31-32H,21-24,39H2,1-10H3,(H,40,44)(H,41,45)(H,42,46)/t25?,26?,27-,31+,32+/m1/s1. The highest BCUT2D eigenvalue weighted by atomic mass is 16.2. The van der Waals surface area contributed by atoms with E-state index in [-0.39, 0.29) is 53.9 Å². The molecule has 3 amide bonds. The summed E-state index contributed by atoms with van der Waals surface area (Å²) in [5.74, 6) is -0.819. The molecule has 0 bridgehead atoms. The minimum absolute atomic E-state index is 0.00822. The van der Waals surface area contributed by atoms with E-state index in [4.69, 9.17) is 5.73 Å². The van der Waals surface area contributed by atoms with Crippen LogP contribution in [0.25, 0.3) is 0 Å². The molecular formula is C38H58N4O4. The van der Waals surface area contributed by atoms with Crippen LogP contribution < -0.4 is 21.7 Å². The van der Waals surface area contributed by atoms with Gasteiger partial charge in [0, 0.05) is 35.8 Å². The largest absolute Gasteiger partial charge is 0.351 e. The molecule has 5 atom stereocenters. The molecule has 0 aromatic heterocycles. The molecule has 0 fully saturated rings. The van der Waals surface area contributed by atoms with Gasteiger partial charge >= 0.3 is 0 Å². The zero-order valence-electron chi connectivity index (χ0n) is 29.7. The van der Waals surface area contributed by atoms with Crippen LogP contribution in [0.5, 0.6) is 0 Å². The molecule has 5 N–H and O–H groups in total. The minimum atomic E-state index is -0.943. The number of rotatable bonds is 17. The van der Waals surface area contributed by atoms with Crippen molar-refractivity contribution in [2.24, 2.45) is 27.9 Å². The molecule has 46 heavy (non-hydrogen) atoms. The molecule has 2 aromatic carbocycles. The van der Waals surface area contributed by atoms with Crippen LogP contribution in [0, 0.1) is 22.2 Å². The van der Waals surface area contributed by atoms with Crippen molar-refractivity contribution in [3.05, 3.63) is 71.8 Å². The average molecular weight is 635 g/mol. The van der Waals surface area contributed by atoms with Gasteiger partial charge in [0.25, 0.3) is 0 Å². The molecule has 0 heterocycles. The van der Waals surface area contributed by atoms with Crippen LogP contribution in [-0.4, -0.2) is 47.7 Å². The summed E-state index contributed by atoms with van der Waals surface area (Å²) in [4.78, 5) is 53.8. The number of benzene rings is 2. The van der Waals surface area contributed by atoms with Crippen molar-refractivity contribution in [3.8, 4) is 0 Å². The molecule has 0 aliphatic carbocycles. The predicted molar refractivity (Wildman–Crippen MR) is 186 cm³/mol. The third-order valence-electron chi connectivity index (χ3n) is 9.55. The van der Waals surface area contributed by atoms with Crippen molar-refractivity contribution in [2.45, 2.75) is 119 Å². The van der Waals surface area contributed by atoms with Gasteiger partial charge in [0.05, 0.1) is 0 Å². The Balaban J connectivity index is 2.36. The summed E-state index contributed by atoms with van der Waals surface area (Å²) in [7, 11) is 0. The summed E-state index contributed by atoms with van der Waals surface area (Å²) >= 11 is 0. The molecule has 2 aromatic rings. The highest BCUT2D eigenvalue weighted by Gasteiger charge is 2.39. The van der Waals surface area contributed by atoms with E-state index in [1.54, 1.807) is 13.8 Å². The van der Waals surface area contributed by atoms with Crippen molar-refractivity contribution in [1.29, 1.82) is 0 Å². The number of nitrogens with one attached hydrogen (secondary N) is 3. The molecule has 8 heteroatoms. The first kappa shape index (κ1) is 38.7. The summed E-state index contributed by atoms with van der Waals surface area (Å²) in [6, 6.07) is 17.0. The van der Waals surface area contributed by atoms with Crippen molar-refractivity contribution < 1.29 is 19.2 Å². The van der Waals surface area contributed by atoms with Gasteiger partial charge in [-0.15, -0.1) is 0 Å². The van der Waals surface area contributed by atoms with Crippen molar-refractivity contribution in [1.82, 2.24) is 16.0 Å². The predicted octanol–water partition coefficient (Wildman–Crippen LogP) is 5.38. The maximum atomic E-state index is 14.0. The highest BCUT2D eigenvalue weighted by Crippen LogP contribution is 2.35. The van der Waals surface area contributed by atoms with Gasteiger partial charge in [-0.05, 0) is 56.1 Å². The number of Topliss-reactive ketones (excluding diaryl/α,β-unsaturated/α-hetero) is 1. The fourth-order valence-electron chi connectivity index (χ4n) is 5.76. The van der Waals surface area contributed by atoms with Crippen LogP contribution in [0.4, 0.5) is 0 Å². The van der Waals surface area contributed by atoms with Crippen LogP contribution in [-0.2, 0) is 32.0 Å². The fraction of sp³-hybridized carbons (Fsp3) is 0.579. The van der Waals surface area contributed by atoms with E-state index in [0.29, 0.717) is 6.42 Å². The van der Waals surface area contributed by atoms with Crippen LogP contribution in [0.15, 0.2) is 60.7 Å². The summed E-state index contributed by atoms with van der Waals surface area (Å²) in [5.41, 5.74) is 6.03. The number of nitrogens with two attached hydrogens (primary N) is 1. The zero-order chi connectivity index (χ0) is 34.9. The first-order chi connectivity index (χ1) is 21.2. The zero-order valence-corrected chi connectivity index (χ0v) is 29.7. The molecule has 2 rings (SSSR count). The number of ketones is 1. The second kappa shape index (κ2) is 16.3. The molecule has 0 aliphatic rings. The third kappa shape index (κ3) is 11.7. The van der Waals surface area contributed by atoms with Gasteiger partial charge in [-0.2, -0.15) is 0 Å². The van der Waals surface area contributed by atoms with E-state index in [0.717, 1.165) is 17.5 Å². The average Bonchev–Trinajstić information content (AvgIpc) is 2.96. The molecule has 254 valence electrons. The quantitative estimate of drug-likeness (QED) is 0.186. The normalized spacial score (nSPS) is 15.5. The molecule has 0 spiro atoms. The first-order valence-electron chi connectivity index (χ1n) is 16.5. The van der Waals surface area contributed by atoms with Gasteiger partial charge in [-0.1, -0.05) is 109 Å². The lowest BCUT2D eigenvalue weighted by molar-refractivity contribution is -0.137. The topological polar surface area (TPSA) is 130 Å². The number of hydrogen-bond donors (Lipinski definition) is 4. The Labute approximate surface area is 277 Å². The molecule has 0 saturated heterocycles. The summed E-state index contributed by atoms with van der Waals surface area (Å²) in [6.45, 7) is 19.1. The van der Waals surface area contributed by atoms with Crippen LogP contribution in [0.1, 0.15) is 93.2 Å². The maximum absolute atomic E-state index is 14.0. The lowest BCUT2D eigenvalue weighted by Crippen LogP contribution is -2.58. The molecular weight excluding hydrogens is 576 g/mol. The molecule has 8 nitrogen and oxygen atoms in total. The molecule has 2 unspecified atom stereocenters. The van der Waals surface area contributed by atoms with Crippen molar-refractivity contribution >= 4 is 23.5 Å². The van der Waals surface area contributed by atoms with Crippen molar-refractivity contribution in [2.75, 3.05) is 0 Å². The van der Waals surface area contributed by atoms with Crippen LogP contribution in [0.2, 0.25) is 0 Å². The molecule has 0 radical (unpaired) electrons. The molecule has 0 aliphatic heterocycles. The van der Waals surface area contributed by atoms with Crippen molar-refractivity contribution in [3.63, 3.8) is 0 Å². The van der Waals surface area contributed by atoms with Gasteiger partial charge in [0.15, 0.2) is 0 Å². The van der Waals surface area contributed by atoms with Crippen LogP contribution >= 0.6 is 0 Å². The number of carbonyl (C=O) groups excluding carboxylic acids is 4. The van der Waals surface area contributed by atoms with Gasteiger partial charge < -0.3 is 21.7 Å². The van der Waals surface area contributed by atoms with Gasteiger partial charge in [0.1, 0.15) is 17.9 Å². The van der Waals surface area contributed by atoms with E-state index < -0.39 is 28.8 Å². The summed E-state index contributed by atoms with van der Waals surface area (Å²) in [5, 5.41) is 9.12. The monoisotopic (exact) mass is 634 g/mol. The smallest absolute Gasteiger partial charge is 0.243 e. The number of amides is 3. The maximum Gasteiger partial charge on any atom is 0.243 e. The lowest BCUT2D eigenvalue weighted by Gasteiger charge is -2.36. The Bertz CT molecular complexity index is 1300. The third-order valence-corrected chi connectivity index (χ3v) is 9.55. The van der Waals surface area contributed by atoms with E-state index in [9.17, 15) is 19.2 Å². The number of carbonyl (C=O) groups is 4. The SMILES string of the molecule is CC(=O)C(C)(C)CC(C)(C)C(=O)N[C@@H](Cc1ccccc1)C(=O)N[C@@H](Cc1ccccc1)C(=O)N[C@H](C)C(C)(C)CC(C)C(C)N. The fourth-order valence-corrected chi connectivity index (χ4v) is 5.76. The van der Waals surface area contributed by atoms with E-state index in [2.05, 4.69) is 36.7 Å². The molecule has 0 saturated carbocycles. The Morgan fingerprint density at radius 2 is 1.11 bits per heavy atom.